The molecule has 0 bridgehead atoms. The molecule has 0 unspecified atom stereocenters. The summed E-state index contributed by atoms with van der Waals surface area (Å²) >= 11 is 0. The number of nitrogens with one attached hydrogen (secondary N) is 1. The maximum Gasteiger partial charge on any atom is 0.248 e. The lowest BCUT2D eigenvalue weighted by atomic mass is 10.0. The van der Waals surface area contributed by atoms with Crippen molar-refractivity contribution in [2.75, 3.05) is 38.3 Å². The van der Waals surface area contributed by atoms with Gasteiger partial charge in [-0.1, -0.05) is 18.2 Å². The van der Waals surface area contributed by atoms with E-state index in [-0.39, 0.29) is 42.4 Å². The van der Waals surface area contributed by atoms with Gasteiger partial charge in [0.15, 0.2) is 5.96 Å². The molecule has 1 aromatic rings. The molecular formula is C15H23IN4O2. The highest BCUT2D eigenvalue weighted by molar-refractivity contribution is 14.0. The van der Waals surface area contributed by atoms with Crippen molar-refractivity contribution in [3.63, 3.8) is 0 Å². The van der Waals surface area contributed by atoms with Crippen molar-refractivity contribution in [3.8, 4) is 0 Å². The van der Waals surface area contributed by atoms with E-state index in [1.807, 2.05) is 18.2 Å². The largest absolute Gasteiger partial charge is 0.383 e. The quantitative estimate of drug-likeness (QED) is 0.325. The molecule has 1 amide bonds. The van der Waals surface area contributed by atoms with E-state index < -0.39 is 0 Å². The first-order valence-corrected chi connectivity index (χ1v) is 7.13. The summed E-state index contributed by atoms with van der Waals surface area (Å²) in [5, 5.41) is 2.89. The fraction of sp³-hybridized carbons (Fsp3) is 0.467. The Balaban J connectivity index is 0.00000242. The molecule has 0 radical (unpaired) electrons. The van der Waals surface area contributed by atoms with Gasteiger partial charge in [0.25, 0.3) is 0 Å². The fourth-order valence-electron chi connectivity index (χ4n) is 2.37. The number of rotatable bonds is 5. The molecule has 0 aromatic heterocycles. The second kappa shape index (κ2) is 9.62. The molecule has 22 heavy (non-hydrogen) atoms. The lowest BCUT2D eigenvalue weighted by molar-refractivity contribution is -0.117. The molecule has 0 atom stereocenters. The number of aliphatic imine (C=N–C) groups is 1. The van der Waals surface area contributed by atoms with Crippen molar-refractivity contribution in [2.45, 2.75) is 12.8 Å². The number of fused-ring (bicyclic) bond motifs is 1. The summed E-state index contributed by atoms with van der Waals surface area (Å²) in [5.41, 5.74) is 7.91. The molecule has 122 valence electrons. The summed E-state index contributed by atoms with van der Waals surface area (Å²) in [5.74, 6) is 0.240. The zero-order valence-corrected chi connectivity index (χ0v) is 15.1. The lowest BCUT2D eigenvalue weighted by Gasteiger charge is -2.29. The van der Waals surface area contributed by atoms with Crippen molar-refractivity contribution in [1.82, 2.24) is 5.32 Å². The number of anilines is 1. The van der Waals surface area contributed by atoms with Crippen LogP contribution in [0.5, 0.6) is 0 Å². The van der Waals surface area contributed by atoms with E-state index in [1.165, 1.54) is 5.56 Å². The highest BCUT2D eigenvalue weighted by atomic mass is 127. The van der Waals surface area contributed by atoms with E-state index in [0.29, 0.717) is 13.2 Å². The monoisotopic (exact) mass is 418 g/mol. The Morgan fingerprint density at radius 1 is 1.45 bits per heavy atom. The smallest absolute Gasteiger partial charge is 0.248 e. The predicted octanol–water partition coefficient (Wildman–Crippen LogP) is 1.13. The van der Waals surface area contributed by atoms with Gasteiger partial charge in [-0.05, 0) is 24.5 Å². The van der Waals surface area contributed by atoms with Gasteiger partial charge in [-0.25, -0.2) is 4.99 Å². The van der Waals surface area contributed by atoms with Gasteiger partial charge in [-0.2, -0.15) is 0 Å². The second-order valence-corrected chi connectivity index (χ2v) is 4.90. The zero-order chi connectivity index (χ0) is 15.1. The number of para-hydroxylation sites is 1. The van der Waals surface area contributed by atoms with Crippen molar-refractivity contribution < 1.29 is 9.53 Å². The van der Waals surface area contributed by atoms with Crippen molar-refractivity contribution >= 4 is 41.5 Å². The topological polar surface area (TPSA) is 80.0 Å². The zero-order valence-electron chi connectivity index (χ0n) is 12.7. The van der Waals surface area contributed by atoms with Gasteiger partial charge >= 0.3 is 0 Å². The number of benzene rings is 1. The number of ether oxygens (including phenoxy) is 1. The first kappa shape index (κ1) is 18.7. The Labute approximate surface area is 148 Å². The lowest BCUT2D eigenvalue weighted by Crippen LogP contribution is -2.39. The summed E-state index contributed by atoms with van der Waals surface area (Å²) in [6, 6.07) is 8.01. The molecule has 0 aliphatic carbocycles. The van der Waals surface area contributed by atoms with Gasteiger partial charge in [-0.3, -0.25) is 4.79 Å². The number of nitrogens with zero attached hydrogens (tertiary/aromatic N) is 2. The third kappa shape index (κ3) is 5.13. The summed E-state index contributed by atoms with van der Waals surface area (Å²) in [4.78, 5) is 18.2. The van der Waals surface area contributed by atoms with Crippen LogP contribution in [0, 0.1) is 0 Å². The molecular weight excluding hydrogens is 395 g/mol. The minimum Gasteiger partial charge on any atom is -0.383 e. The van der Waals surface area contributed by atoms with E-state index >= 15 is 0 Å². The van der Waals surface area contributed by atoms with Crippen LogP contribution in [0.2, 0.25) is 0 Å². The highest BCUT2D eigenvalue weighted by Gasteiger charge is 2.21. The molecule has 1 heterocycles. The van der Waals surface area contributed by atoms with E-state index in [2.05, 4.69) is 16.4 Å². The van der Waals surface area contributed by atoms with Crippen LogP contribution in [-0.2, 0) is 16.0 Å². The number of guanidine groups is 1. The molecule has 3 N–H and O–H groups in total. The van der Waals surface area contributed by atoms with E-state index in [4.69, 9.17) is 10.5 Å². The number of carbonyl (C=O) groups excluding carboxylic acids is 1. The summed E-state index contributed by atoms with van der Waals surface area (Å²) in [6.07, 6.45) is 2.00. The number of hydrogen-bond donors (Lipinski definition) is 2. The molecule has 1 aliphatic rings. The Kier molecular flexibility index (Phi) is 8.18. The highest BCUT2D eigenvalue weighted by Crippen LogP contribution is 2.26. The molecule has 0 saturated heterocycles. The molecule has 7 heteroatoms. The Bertz CT molecular complexity index is 522. The summed E-state index contributed by atoms with van der Waals surface area (Å²) in [6.45, 7) is 1.92. The summed E-state index contributed by atoms with van der Waals surface area (Å²) < 4.78 is 4.90. The third-order valence-corrected chi connectivity index (χ3v) is 3.41. The molecule has 0 fully saturated rings. The van der Waals surface area contributed by atoms with Crippen molar-refractivity contribution in [3.05, 3.63) is 29.8 Å². The molecule has 1 aromatic carbocycles. The Morgan fingerprint density at radius 3 is 3.00 bits per heavy atom. The molecule has 0 spiro atoms. The van der Waals surface area contributed by atoms with Crippen LogP contribution < -0.4 is 16.0 Å². The third-order valence-electron chi connectivity index (χ3n) is 3.41. The minimum atomic E-state index is -0.0290. The Hall–Kier alpha value is -1.35. The minimum absolute atomic E-state index is 0. The van der Waals surface area contributed by atoms with Crippen LogP contribution in [-0.4, -0.2) is 45.2 Å². The van der Waals surface area contributed by atoms with Crippen LogP contribution in [0.15, 0.2) is 29.3 Å². The van der Waals surface area contributed by atoms with Crippen LogP contribution in [0.1, 0.15) is 12.0 Å². The van der Waals surface area contributed by atoms with E-state index in [9.17, 15) is 4.79 Å². The molecule has 6 nitrogen and oxygen atoms in total. The van der Waals surface area contributed by atoms with Gasteiger partial charge in [0.1, 0.15) is 6.54 Å². The van der Waals surface area contributed by atoms with Gasteiger partial charge in [0, 0.05) is 25.9 Å². The van der Waals surface area contributed by atoms with Crippen molar-refractivity contribution in [2.24, 2.45) is 10.7 Å². The number of carbonyl (C=O) groups is 1. The number of nitrogens with two attached hydrogens (primary N) is 1. The fourth-order valence-corrected chi connectivity index (χ4v) is 2.37. The second-order valence-electron chi connectivity index (χ2n) is 4.90. The first-order chi connectivity index (χ1) is 10.2. The van der Waals surface area contributed by atoms with Gasteiger partial charge in [0.05, 0.1) is 6.61 Å². The van der Waals surface area contributed by atoms with E-state index in [1.54, 1.807) is 12.0 Å². The maximum absolute atomic E-state index is 12.3. The predicted molar refractivity (Wildman–Crippen MR) is 98.9 cm³/mol. The number of halogens is 1. The average molecular weight is 418 g/mol. The molecule has 1 aliphatic heterocycles. The first-order valence-electron chi connectivity index (χ1n) is 7.13. The van der Waals surface area contributed by atoms with Crippen LogP contribution >= 0.6 is 24.0 Å². The van der Waals surface area contributed by atoms with Crippen LogP contribution in [0.25, 0.3) is 0 Å². The number of hydrogen-bond acceptors (Lipinski definition) is 3. The van der Waals surface area contributed by atoms with Gasteiger partial charge in [0.2, 0.25) is 5.91 Å². The summed E-state index contributed by atoms with van der Waals surface area (Å²) in [7, 11) is 1.62. The molecule has 2 rings (SSSR count). The van der Waals surface area contributed by atoms with Gasteiger partial charge < -0.3 is 20.7 Å². The number of aryl methyl sites for hydroxylation is 1. The Morgan fingerprint density at radius 2 is 2.23 bits per heavy atom. The molecule has 0 saturated carbocycles. The normalized spacial score (nSPS) is 14.0. The van der Waals surface area contributed by atoms with Crippen LogP contribution in [0.3, 0.4) is 0 Å². The van der Waals surface area contributed by atoms with Crippen molar-refractivity contribution in [1.29, 1.82) is 0 Å². The standard InChI is InChI=1S/C15H22N4O2.HI/c1-21-10-8-17-15(16)18-11-14(20)19-9-4-6-12-5-2-3-7-13(12)19;/h2-3,5,7H,4,6,8-11H2,1H3,(H3,16,17,18);1H. The van der Waals surface area contributed by atoms with Crippen LogP contribution in [0.4, 0.5) is 5.69 Å². The van der Waals surface area contributed by atoms with Gasteiger partial charge in [-0.15, -0.1) is 24.0 Å². The number of methoxy groups -OCH3 is 1. The average Bonchev–Trinajstić information content (AvgIpc) is 2.52. The maximum atomic E-state index is 12.3. The SMILES string of the molecule is COCCNC(N)=NCC(=O)N1CCCc2ccccc21.I. The van der Waals surface area contributed by atoms with E-state index in [0.717, 1.165) is 25.1 Å². The number of amides is 1.